The van der Waals surface area contributed by atoms with Crippen LogP contribution in [0.25, 0.3) is 11.3 Å². The van der Waals surface area contributed by atoms with Crippen LogP contribution in [0.3, 0.4) is 0 Å². The van der Waals surface area contributed by atoms with Gasteiger partial charge in [-0.15, -0.1) is 13.2 Å². The van der Waals surface area contributed by atoms with E-state index in [1.165, 1.54) is 18.5 Å². The van der Waals surface area contributed by atoms with E-state index in [9.17, 15) is 13.2 Å². The summed E-state index contributed by atoms with van der Waals surface area (Å²) in [5.74, 6) is -0.494. The number of ether oxygens (including phenoxy) is 1. The average Bonchev–Trinajstić information content (AvgIpc) is 2.68. The molecular formula is C19H16ClF3N4O. The van der Waals surface area contributed by atoms with Gasteiger partial charge in [0.05, 0.1) is 21.9 Å². The summed E-state index contributed by atoms with van der Waals surface area (Å²) in [6, 6.07) is 14.7. The maximum atomic E-state index is 12.4. The third-order valence-corrected chi connectivity index (χ3v) is 4.48. The molecule has 3 rings (SSSR count). The van der Waals surface area contributed by atoms with Gasteiger partial charge >= 0.3 is 6.36 Å². The minimum absolute atomic E-state index is 0.0899. The molecule has 0 aliphatic heterocycles. The van der Waals surface area contributed by atoms with Crippen LogP contribution in [0.5, 0.6) is 5.75 Å². The highest BCUT2D eigenvalue weighted by Crippen LogP contribution is 2.34. The number of nitrogens with zero attached hydrogens (tertiary/aromatic N) is 2. The van der Waals surface area contributed by atoms with E-state index in [0.29, 0.717) is 17.0 Å². The number of hydrogen-bond acceptors (Lipinski definition) is 5. The molecule has 0 fully saturated rings. The molecule has 146 valence electrons. The van der Waals surface area contributed by atoms with Gasteiger partial charge in [0, 0.05) is 12.1 Å². The van der Waals surface area contributed by atoms with Crippen LogP contribution in [0.15, 0.2) is 60.9 Å². The van der Waals surface area contributed by atoms with Crippen LogP contribution >= 0.6 is 11.6 Å². The van der Waals surface area contributed by atoms with Gasteiger partial charge in [0.15, 0.2) is 0 Å². The number of hydrogen-bond donors (Lipinski definition) is 2. The van der Waals surface area contributed by atoms with Gasteiger partial charge in [-0.2, -0.15) is 0 Å². The van der Waals surface area contributed by atoms with E-state index in [1.54, 1.807) is 6.07 Å². The van der Waals surface area contributed by atoms with Gasteiger partial charge in [0.1, 0.15) is 12.1 Å². The lowest BCUT2D eigenvalue weighted by molar-refractivity contribution is -0.274. The molecule has 1 unspecified atom stereocenters. The molecule has 0 aliphatic carbocycles. The van der Waals surface area contributed by atoms with Crippen molar-refractivity contribution in [2.75, 3.05) is 6.54 Å². The third kappa shape index (κ3) is 4.24. The second kappa shape index (κ2) is 7.75. The summed E-state index contributed by atoms with van der Waals surface area (Å²) < 4.78 is 41.1. The molecule has 0 radical (unpaired) electrons. The van der Waals surface area contributed by atoms with Crippen molar-refractivity contribution >= 4 is 11.6 Å². The number of benzene rings is 2. The molecule has 2 aromatic carbocycles. The summed E-state index contributed by atoms with van der Waals surface area (Å²) in [5.41, 5.74) is 13.6. The summed E-state index contributed by atoms with van der Waals surface area (Å²) >= 11 is 5.93. The Morgan fingerprint density at radius 2 is 1.71 bits per heavy atom. The molecule has 0 amide bonds. The number of halogens is 4. The fourth-order valence-corrected chi connectivity index (χ4v) is 2.95. The molecule has 0 saturated carbocycles. The van der Waals surface area contributed by atoms with Gasteiger partial charge in [-0.1, -0.05) is 41.9 Å². The molecule has 4 N–H and O–H groups in total. The Morgan fingerprint density at radius 1 is 1.00 bits per heavy atom. The molecule has 3 aromatic rings. The number of rotatable bonds is 5. The van der Waals surface area contributed by atoms with Gasteiger partial charge < -0.3 is 16.2 Å². The van der Waals surface area contributed by atoms with Crippen LogP contribution in [0, 0.1) is 0 Å². The van der Waals surface area contributed by atoms with E-state index in [0.717, 1.165) is 11.6 Å². The molecular weight excluding hydrogens is 393 g/mol. The van der Waals surface area contributed by atoms with Crippen molar-refractivity contribution in [1.82, 2.24) is 9.97 Å². The van der Waals surface area contributed by atoms with Gasteiger partial charge in [-0.3, -0.25) is 0 Å². The van der Waals surface area contributed by atoms with Crippen LogP contribution in [0.2, 0.25) is 5.02 Å². The van der Waals surface area contributed by atoms with E-state index in [2.05, 4.69) is 14.7 Å². The molecule has 5 nitrogen and oxygen atoms in total. The first-order valence-corrected chi connectivity index (χ1v) is 8.53. The monoisotopic (exact) mass is 408 g/mol. The lowest BCUT2D eigenvalue weighted by Crippen LogP contribution is -2.45. The number of nitrogens with two attached hydrogens (primary N) is 2. The predicted octanol–water partition coefficient (Wildman–Crippen LogP) is 3.86. The van der Waals surface area contributed by atoms with Crippen LogP contribution < -0.4 is 16.2 Å². The Labute approximate surface area is 164 Å². The van der Waals surface area contributed by atoms with Crippen LogP contribution in [0.1, 0.15) is 11.3 Å². The number of aromatic nitrogens is 2. The minimum atomic E-state index is -4.83. The summed E-state index contributed by atoms with van der Waals surface area (Å²) in [6.07, 6.45) is -3.51. The van der Waals surface area contributed by atoms with Crippen molar-refractivity contribution < 1.29 is 17.9 Å². The zero-order valence-corrected chi connectivity index (χ0v) is 15.2. The van der Waals surface area contributed by atoms with Crippen LogP contribution in [-0.4, -0.2) is 22.9 Å². The van der Waals surface area contributed by atoms with E-state index in [1.807, 2.05) is 30.3 Å². The first kappa shape index (κ1) is 20.1. The summed E-state index contributed by atoms with van der Waals surface area (Å²) in [7, 11) is 0. The van der Waals surface area contributed by atoms with E-state index in [4.69, 9.17) is 23.1 Å². The first-order chi connectivity index (χ1) is 13.2. The fourth-order valence-electron chi connectivity index (χ4n) is 2.73. The fraction of sp³-hybridized carbons (Fsp3) is 0.158. The van der Waals surface area contributed by atoms with Crippen molar-refractivity contribution in [2.45, 2.75) is 11.9 Å². The Hall–Kier alpha value is -2.68. The molecule has 9 heteroatoms. The largest absolute Gasteiger partial charge is 0.573 e. The second-order valence-corrected chi connectivity index (χ2v) is 6.43. The summed E-state index contributed by atoms with van der Waals surface area (Å²) in [5, 5.41) is -0.198. The van der Waals surface area contributed by atoms with Crippen LogP contribution in [0.4, 0.5) is 13.2 Å². The van der Waals surface area contributed by atoms with E-state index < -0.39 is 17.7 Å². The molecule has 0 saturated heterocycles. The highest BCUT2D eigenvalue weighted by atomic mass is 35.5. The van der Waals surface area contributed by atoms with Gasteiger partial charge in [0.25, 0.3) is 0 Å². The molecule has 1 aromatic heterocycles. The highest BCUT2D eigenvalue weighted by molar-refractivity contribution is 6.32. The third-order valence-electron chi connectivity index (χ3n) is 4.19. The Morgan fingerprint density at radius 3 is 2.32 bits per heavy atom. The molecule has 0 spiro atoms. The maximum Gasteiger partial charge on any atom is 0.573 e. The lowest BCUT2D eigenvalue weighted by Gasteiger charge is -2.28. The molecule has 0 bridgehead atoms. The van der Waals surface area contributed by atoms with Crippen molar-refractivity contribution in [1.29, 1.82) is 0 Å². The molecule has 28 heavy (non-hydrogen) atoms. The molecule has 1 atom stereocenters. The Bertz CT molecular complexity index is 969. The average molecular weight is 409 g/mol. The summed E-state index contributed by atoms with van der Waals surface area (Å²) in [6.45, 7) is 0.0899. The lowest BCUT2D eigenvalue weighted by atomic mass is 9.87. The second-order valence-electron chi connectivity index (χ2n) is 6.02. The van der Waals surface area contributed by atoms with Gasteiger partial charge in [-0.05, 0) is 29.8 Å². The zero-order chi connectivity index (χ0) is 20.4. The highest BCUT2D eigenvalue weighted by Gasteiger charge is 2.32. The van der Waals surface area contributed by atoms with E-state index in [-0.39, 0.29) is 11.6 Å². The van der Waals surface area contributed by atoms with E-state index >= 15 is 0 Å². The van der Waals surface area contributed by atoms with Crippen LogP contribution in [-0.2, 0) is 5.54 Å². The topological polar surface area (TPSA) is 87.0 Å². The van der Waals surface area contributed by atoms with Crippen molar-refractivity contribution in [2.24, 2.45) is 11.5 Å². The van der Waals surface area contributed by atoms with Crippen molar-refractivity contribution in [3.8, 4) is 17.0 Å². The minimum Gasteiger partial charge on any atom is -0.404 e. The van der Waals surface area contributed by atoms with Gasteiger partial charge in [-0.25, -0.2) is 9.97 Å². The normalized spacial score (nSPS) is 13.8. The smallest absolute Gasteiger partial charge is 0.404 e. The first-order valence-electron chi connectivity index (χ1n) is 8.15. The number of alkyl halides is 3. The Kier molecular flexibility index (Phi) is 5.55. The predicted molar refractivity (Wildman–Crippen MR) is 99.6 cm³/mol. The van der Waals surface area contributed by atoms with Crippen molar-refractivity contribution in [3.05, 3.63) is 77.2 Å². The van der Waals surface area contributed by atoms with Crippen molar-refractivity contribution in [3.63, 3.8) is 0 Å². The SMILES string of the molecule is NCC(N)(c1ccccc1)c1cc(-c2ccc(OC(F)(F)F)c(Cl)c2)ncn1. The molecule has 1 heterocycles. The molecule has 0 aliphatic rings. The zero-order valence-electron chi connectivity index (χ0n) is 14.4. The Balaban J connectivity index is 1.99. The summed E-state index contributed by atoms with van der Waals surface area (Å²) in [4.78, 5) is 8.42. The maximum absolute atomic E-state index is 12.4. The van der Waals surface area contributed by atoms with Gasteiger partial charge in [0.2, 0.25) is 0 Å². The standard InChI is InChI=1S/C19H16ClF3N4O/c20-14-8-12(6-7-16(14)28-19(21,22)23)15-9-17(27-11-26-15)18(25,10-24)13-4-2-1-3-5-13/h1-9,11H,10,24-25H2. The quantitative estimate of drug-likeness (QED) is 0.669.